The van der Waals surface area contributed by atoms with Crippen molar-refractivity contribution >= 4 is 22.9 Å². The Hall–Kier alpha value is -3.33. The number of methoxy groups -OCH3 is 2. The van der Waals surface area contributed by atoms with E-state index in [9.17, 15) is 4.79 Å². The summed E-state index contributed by atoms with van der Waals surface area (Å²) in [5.74, 6) is 1.81. The van der Waals surface area contributed by atoms with E-state index >= 15 is 0 Å². The Kier molecular flexibility index (Phi) is 10.2. The number of hydrogen-bond acceptors (Lipinski definition) is 6. The van der Waals surface area contributed by atoms with Crippen LogP contribution in [0.5, 0.6) is 11.5 Å². The highest BCUT2D eigenvalue weighted by atomic mass is 16.5. The zero-order valence-corrected chi connectivity index (χ0v) is 25.8. The van der Waals surface area contributed by atoms with Gasteiger partial charge in [0, 0.05) is 93.7 Å². The van der Waals surface area contributed by atoms with Gasteiger partial charge in [0.05, 0.1) is 14.2 Å². The van der Waals surface area contributed by atoms with Gasteiger partial charge in [-0.05, 0) is 75.3 Å². The van der Waals surface area contributed by atoms with Crippen LogP contribution in [0.2, 0.25) is 0 Å². The summed E-state index contributed by atoms with van der Waals surface area (Å²) in [6.07, 6.45) is 5.89. The van der Waals surface area contributed by atoms with Gasteiger partial charge in [-0.25, -0.2) is 0 Å². The second-order valence-electron chi connectivity index (χ2n) is 11.6. The second kappa shape index (κ2) is 14.2. The zero-order valence-electron chi connectivity index (χ0n) is 25.8. The first-order valence-corrected chi connectivity index (χ1v) is 15.3. The lowest BCUT2D eigenvalue weighted by Crippen LogP contribution is -2.48. The Morgan fingerprint density at radius 2 is 1.45 bits per heavy atom. The molecule has 0 atom stereocenters. The van der Waals surface area contributed by atoms with Crippen LogP contribution in [0.15, 0.2) is 48.5 Å². The Balaban J connectivity index is 1.19. The lowest BCUT2D eigenvalue weighted by Gasteiger charge is -2.34. The molecule has 0 unspecified atom stereocenters. The standard InChI is InChI=1S/C34H47N5O3/c1-27-31(11-13-34(40)38-24-22-37(23-25-38)17-14-28-6-8-29(41-3)9-7-28)32-26-30(42-4)10-12-33(32)39(27)16-5-15-36-20-18-35(2)19-21-36/h6-13,26H,5,14-25H2,1-4H3/b13-11+. The van der Waals surface area contributed by atoms with Crippen molar-refractivity contribution in [3.63, 3.8) is 0 Å². The predicted molar refractivity (Wildman–Crippen MR) is 171 cm³/mol. The molecule has 2 aliphatic rings. The van der Waals surface area contributed by atoms with Gasteiger partial charge in [-0.3, -0.25) is 9.69 Å². The van der Waals surface area contributed by atoms with Gasteiger partial charge in [0.2, 0.25) is 5.91 Å². The molecule has 0 aliphatic carbocycles. The summed E-state index contributed by atoms with van der Waals surface area (Å²) in [7, 11) is 5.60. The molecule has 226 valence electrons. The summed E-state index contributed by atoms with van der Waals surface area (Å²) in [4.78, 5) is 22.6. The topological polar surface area (TPSA) is 53.4 Å². The summed E-state index contributed by atoms with van der Waals surface area (Å²) in [5.41, 5.74) is 4.81. The Morgan fingerprint density at radius 1 is 0.810 bits per heavy atom. The number of amides is 1. The first-order chi connectivity index (χ1) is 20.4. The number of piperazine rings is 2. The molecule has 0 spiro atoms. The molecule has 2 aromatic carbocycles. The highest BCUT2D eigenvalue weighted by molar-refractivity contribution is 5.98. The molecule has 0 saturated carbocycles. The van der Waals surface area contributed by atoms with Crippen LogP contribution >= 0.6 is 0 Å². The number of carbonyl (C=O) groups is 1. The number of ether oxygens (including phenoxy) is 2. The molecule has 8 nitrogen and oxygen atoms in total. The molecule has 0 bridgehead atoms. The van der Waals surface area contributed by atoms with E-state index in [0.717, 1.165) is 107 Å². The van der Waals surface area contributed by atoms with Gasteiger partial charge >= 0.3 is 0 Å². The Labute approximate surface area is 251 Å². The second-order valence-corrected chi connectivity index (χ2v) is 11.6. The molecule has 3 aromatic rings. The maximum absolute atomic E-state index is 13.2. The third-order valence-corrected chi connectivity index (χ3v) is 8.98. The number of hydrogen-bond donors (Lipinski definition) is 0. The summed E-state index contributed by atoms with van der Waals surface area (Å²) in [6, 6.07) is 14.6. The van der Waals surface area contributed by atoms with E-state index in [-0.39, 0.29) is 5.91 Å². The average molecular weight is 574 g/mol. The van der Waals surface area contributed by atoms with Gasteiger partial charge in [0.15, 0.2) is 0 Å². The third-order valence-electron chi connectivity index (χ3n) is 8.98. The monoisotopic (exact) mass is 573 g/mol. The van der Waals surface area contributed by atoms with Crippen molar-refractivity contribution in [3.05, 3.63) is 65.4 Å². The number of nitrogens with zero attached hydrogens (tertiary/aromatic N) is 5. The van der Waals surface area contributed by atoms with E-state index in [1.807, 2.05) is 29.2 Å². The molecule has 2 fully saturated rings. The first-order valence-electron chi connectivity index (χ1n) is 15.3. The van der Waals surface area contributed by atoms with Crippen LogP contribution in [-0.2, 0) is 17.8 Å². The summed E-state index contributed by atoms with van der Waals surface area (Å²) in [6.45, 7) is 13.1. The van der Waals surface area contributed by atoms with Gasteiger partial charge in [0.1, 0.15) is 11.5 Å². The fourth-order valence-electron chi connectivity index (χ4n) is 6.17. The van der Waals surface area contributed by atoms with Crippen molar-refractivity contribution in [2.45, 2.75) is 26.3 Å². The van der Waals surface area contributed by atoms with Gasteiger partial charge < -0.3 is 28.7 Å². The van der Waals surface area contributed by atoms with Crippen LogP contribution in [0.25, 0.3) is 17.0 Å². The number of benzene rings is 2. The molecule has 2 saturated heterocycles. The highest BCUT2D eigenvalue weighted by Gasteiger charge is 2.20. The Morgan fingerprint density at radius 3 is 2.14 bits per heavy atom. The van der Waals surface area contributed by atoms with Gasteiger partial charge in [-0.1, -0.05) is 12.1 Å². The fraction of sp³-hybridized carbons (Fsp3) is 0.500. The molecule has 1 aromatic heterocycles. The van der Waals surface area contributed by atoms with Gasteiger partial charge in [-0.15, -0.1) is 0 Å². The SMILES string of the molecule is COc1ccc(CCN2CCN(C(=O)/C=C/c3c(C)n(CCCN4CCN(C)CC4)c4ccc(OC)cc34)CC2)cc1. The molecule has 0 N–H and O–H groups in total. The summed E-state index contributed by atoms with van der Waals surface area (Å²) >= 11 is 0. The van der Waals surface area contributed by atoms with Crippen molar-refractivity contribution in [1.29, 1.82) is 0 Å². The Bertz CT molecular complexity index is 1350. The average Bonchev–Trinajstić information content (AvgIpc) is 3.29. The zero-order chi connectivity index (χ0) is 29.5. The number of likely N-dealkylation sites (N-methyl/N-ethyl adjacent to an activating group) is 1. The minimum atomic E-state index is 0.0862. The number of aromatic nitrogens is 1. The quantitative estimate of drug-likeness (QED) is 0.323. The van der Waals surface area contributed by atoms with Crippen molar-refractivity contribution < 1.29 is 14.3 Å². The molecular formula is C34H47N5O3. The van der Waals surface area contributed by atoms with Crippen LogP contribution in [0.4, 0.5) is 0 Å². The smallest absolute Gasteiger partial charge is 0.246 e. The van der Waals surface area contributed by atoms with Crippen molar-refractivity contribution in [2.24, 2.45) is 0 Å². The third kappa shape index (κ3) is 7.35. The van der Waals surface area contributed by atoms with Crippen molar-refractivity contribution in [1.82, 2.24) is 24.2 Å². The first kappa shape index (κ1) is 30.1. The van der Waals surface area contributed by atoms with Crippen LogP contribution < -0.4 is 9.47 Å². The van der Waals surface area contributed by atoms with Gasteiger partial charge in [-0.2, -0.15) is 0 Å². The van der Waals surface area contributed by atoms with E-state index in [4.69, 9.17) is 9.47 Å². The van der Waals surface area contributed by atoms with Gasteiger partial charge in [0.25, 0.3) is 0 Å². The van der Waals surface area contributed by atoms with Crippen LogP contribution in [-0.4, -0.2) is 117 Å². The highest BCUT2D eigenvalue weighted by Crippen LogP contribution is 2.31. The minimum absolute atomic E-state index is 0.0862. The molecule has 42 heavy (non-hydrogen) atoms. The summed E-state index contributed by atoms with van der Waals surface area (Å²) in [5, 5.41) is 1.14. The fourth-order valence-corrected chi connectivity index (χ4v) is 6.17. The predicted octanol–water partition coefficient (Wildman–Crippen LogP) is 4.00. The van der Waals surface area contributed by atoms with Crippen LogP contribution in [0, 0.1) is 6.92 Å². The molecule has 0 radical (unpaired) electrons. The minimum Gasteiger partial charge on any atom is -0.497 e. The molecule has 3 heterocycles. The lowest BCUT2D eigenvalue weighted by atomic mass is 10.1. The lowest BCUT2D eigenvalue weighted by molar-refractivity contribution is -0.127. The van der Waals surface area contributed by atoms with Crippen molar-refractivity contribution in [3.8, 4) is 11.5 Å². The maximum Gasteiger partial charge on any atom is 0.246 e. The largest absolute Gasteiger partial charge is 0.497 e. The van der Waals surface area contributed by atoms with E-state index in [0.29, 0.717) is 0 Å². The molecule has 8 heteroatoms. The summed E-state index contributed by atoms with van der Waals surface area (Å²) < 4.78 is 13.2. The molecule has 2 aliphatic heterocycles. The van der Waals surface area contributed by atoms with E-state index in [2.05, 4.69) is 57.5 Å². The molecular weight excluding hydrogens is 526 g/mol. The van der Waals surface area contributed by atoms with E-state index < -0.39 is 0 Å². The molecule has 1 amide bonds. The number of aryl methyl sites for hydroxylation is 1. The van der Waals surface area contributed by atoms with Crippen LogP contribution in [0.1, 0.15) is 23.2 Å². The normalized spacial score (nSPS) is 17.4. The van der Waals surface area contributed by atoms with E-state index in [1.54, 1.807) is 20.3 Å². The number of carbonyl (C=O) groups excluding carboxylic acids is 1. The molecule has 5 rings (SSSR count). The number of rotatable bonds is 11. The maximum atomic E-state index is 13.2. The van der Waals surface area contributed by atoms with Crippen molar-refractivity contribution in [2.75, 3.05) is 86.7 Å². The van der Waals surface area contributed by atoms with Crippen LogP contribution in [0.3, 0.4) is 0 Å². The van der Waals surface area contributed by atoms with E-state index in [1.165, 1.54) is 16.8 Å². The number of fused-ring (bicyclic) bond motifs is 1.